The van der Waals surface area contributed by atoms with Gasteiger partial charge in [-0.1, -0.05) is 36.4 Å². The number of ether oxygens (including phenoxy) is 1. The van der Waals surface area contributed by atoms with Gasteiger partial charge in [0.25, 0.3) is 5.91 Å². The highest BCUT2D eigenvalue weighted by atomic mass is 16.5. The Bertz CT molecular complexity index is 537. The molecule has 98 valence electrons. The second-order valence-electron chi connectivity index (χ2n) is 4.12. The van der Waals surface area contributed by atoms with Gasteiger partial charge in [-0.3, -0.25) is 4.79 Å². The first-order valence-electron chi connectivity index (χ1n) is 6.35. The molecule has 0 radical (unpaired) electrons. The van der Waals surface area contributed by atoms with Crippen molar-refractivity contribution in [3.63, 3.8) is 0 Å². The van der Waals surface area contributed by atoms with Crippen molar-refractivity contribution in [2.75, 3.05) is 6.54 Å². The van der Waals surface area contributed by atoms with Gasteiger partial charge in [0.05, 0.1) is 0 Å². The number of hydrogen-bond acceptors (Lipinski definition) is 2. The highest BCUT2D eigenvalue weighted by Gasteiger charge is 2.09. The maximum atomic E-state index is 11.9. The lowest BCUT2D eigenvalue weighted by molar-refractivity contribution is 0.0953. The third-order valence-corrected chi connectivity index (χ3v) is 2.74. The summed E-state index contributed by atoms with van der Waals surface area (Å²) in [5.41, 5.74) is 1.55. The van der Waals surface area contributed by atoms with Crippen LogP contribution in [0.25, 0.3) is 0 Å². The van der Waals surface area contributed by atoms with Crippen LogP contribution in [0.1, 0.15) is 22.8 Å². The number of para-hydroxylation sites is 1. The average Bonchev–Trinajstić information content (AvgIpc) is 2.47. The molecule has 0 spiro atoms. The van der Waals surface area contributed by atoms with E-state index < -0.39 is 0 Å². The Morgan fingerprint density at radius 1 is 1.05 bits per heavy atom. The first kappa shape index (κ1) is 13.1. The van der Waals surface area contributed by atoms with Crippen LogP contribution in [0.5, 0.6) is 5.75 Å². The summed E-state index contributed by atoms with van der Waals surface area (Å²) < 4.78 is 5.68. The van der Waals surface area contributed by atoms with Crippen LogP contribution in [0.15, 0.2) is 54.6 Å². The van der Waals surface area contributed by atoms with Gasteiger partial charge in [-0.25, -0.2) is 0 Å². The normalized spacial score (nSPS) is 9.95. The summed E-state index contributed by atoms with van der Waals surface area (Å²) in [6, 6.07) is 17.1. The molecule has 0 bridgehead atoms. The zero-order valence-electron chi connectivity index (χ0n) is 10.9. The average molecular weight is 255 g/mol. The summed E-state index contributed by atoms with van der Waals surface area (Å²) in [7, 11) is 0. The zero-order chi connectivity index (χ0) is 13.5. The lowest BCUT2D eigenvalue weighted by atomic mass is 10.1. The molecule has 2 aromatic carbocycles. The zero-order valence-corrected chi connectivity index (χ0v) is 10.9. The Kier molecular flexibility index (Phi) is 4.56. The van der Waals surface area contributed by atoms with E-state index >= 15 is 0 Å². The van der Waals surface area contributed by atoms with E-state index in [9.17, 15) is 4.79 Å². The van der Waals surface area contributed by atoms with Crippen LogP contribution < -0.4 is 10.1 Å². The van der Waals surface area contributed by atoms with Crippen molar-refractivity contribution in [3.05, 3.63) is 65.7 Å². The van der Waals surface area contributed by atoms with Crippen LogP contribution in [0.3, 0.4) is 0 Å². The van der Waals surface area contributed by atoms with Gasteiger partial charge < -0.3 is 10.1 Å². The molecule has 19 heavy (non-hydrogen) atoms. The molecule has 0 aliphatic heterocycles. The van der Waals surface area contributed by atoms with E-state index in [-0.39, 0.29) is 5.91 Å². The summed E-state index contributed by atoms with van der Waals surface area (Å²) in [5.74, 6) is 0.739. The Morgan fingerprint density at radius 2 is 1.74 bits per heavy atom. The van der Waals surface area contributed by atoms with Crippen molar-refractivity contribution in [1.82, 2.24) is 5.32 Å². The number of carbonyl (C=O) groups excluding carboxylic acids is 1. The summed E-state index contributed by atoms with van der Waals surface area (Å²) in [6.45, 7) is 2.91. The number of hydrogen-bond donors (Lipinski definition) is 1. The van der Waals surface area contributed by atoms with E-state index in [1.807, 2.05) is 61.5 Å². The van der Waals surface area contributed by atoms with Crippen molar-refractivity contribution in [1.29, 1.82) is 0 Å². The Hall–Kier alpha value is -2.29. The third-order valence-electron chi connectivity index (χ3n) is 2.74. The van der Waals surface area contributed by atoms with Crippen LogP contribution in [-0.2, 0) is 6.61 Å². The number of benzene rings is 2. The van der Waals surface area contributed by atoms with Crippen LogP contribution in [0.4, 0.5) is 0 Å². The first-order chi connectivity index (χ1) is 9.31. The predicted octanol–water partition coefficient (Wildman–Crippen LogP) is 3.02. The molecule has 2 aromatic rings. The summed E-state index contributed by atoms with van der Waals surface area (Å²) in [6.07, 6.45) is 0. The number of carbonyl (C=O) groups is 1. The minimum atomic E-state index is -0.0604. The van der Waals surface area contributed by atoms with Crippen LogP contribution in [0.2, 0.25) is 0 Å². The van der Waals surface area contributed by atoms with Gasteiger partial charge in [-0.2, -0.15) is 0 Å². The van der Waals surface area contributed by atoms with Crippen molar-refractivity contribution in [2.24, 2.45) is 0 Å². The Labute approximate surface area is 113 Å². The number of amides is 1. The molecule has 0 aliphatic carbocycles. The molecule has 0 unspecified atom stereocenters. The van der Waals surface area contributed by atoms with E-state index in [1.165, 1.54) is 0 Å². The van der Waals surface area contributed by atoms with Crippen molar-refractivity contribution >= 4 is 5.91 Å². The Balaban J connectivity index is 2.10. The van der Waals surface area contributed by atoms with Crippen LogP contribution in [0, 0.1) is 0 Å². The Morgan fingerprint density at radius 3 is 2.47 bits per heavy atom. The SMILES string of the molecule is CCNC(=O)c1ccccc1COc1ccccc1. The second kappa shape index (κ2) is 6.59. The predicted molar refractivity (Wildman–Crippen MR) is 75.2 cm³/mol. The van der Waals surface area contributed by atoms with Gasteiger partial charge >= 0.3 is 0 Å². The fourth-order valence-corrected chi connectivity index (χ4v) is 1.80. The third kappa shape index (κ3) is 3.58. The molecule has 0 saturated heterocycles. The highest BCUT2D eigenvalue weighted by molar-refractivity contribution is 5.95. The highest BCUT2D eigenvalue weighted by Crippen LogP contribution is 2.14. The van der Waals surface area contributed by atoms with E-state index in [0.717, 1.165) is 11.3 Å². The van der Waals surface area contributed by atoms with Crippen molar-refractivity contribution < 1.29 is 9.53 Å². The maximum absolute atomic E-state index is 11.9. The molecule has 1 amide bonds. The van der Waals surface area contributed by atoms with E-state index in [2.05, 4.69) is 5.32 Å². The van der Waals surface area contributed by atoms with E-state index in [0.29, 0.717) is 18.7 Å². The quantitative estimate of drug-likeness (QED) is 0.892. The van der Waals surface area contributed by atoms with E-state index in [4.69, 9.17) is 4.74 Å². The van der Waals surface area contributed by atoms with Crippen molar-refractivity contribution in [3.8, 4) is 5.75 Å². The fraction of sp³-hybridized carbons (Fsp3) is 0.188. The minimum Gasteiger partial charge on any atom is -0.489 e. The lowest BCUT2D eigenvalue weighted by Crippen LogP contribution is -2.24. The topological polar surface area (TPSA) is 38.3 Å². The lowest BCUT2D eigenvalue weighted by Gasteiger charge is -2.10. The molecule has 0 fully saturated rings. The molecule has 0 aliphatic rings. The standard InChI is InChI=1S/C16H17NO2/c1-2-17-16(18)15-11-7-6-8-13(15)12-19-14-9-4-3-5-10-14/h3-11H,2,12H2,1H3,(H,17,18). The summed E-state index contributed by atoms with van der Waals surface area (Å²) >= 11 is 0. The molecule has 3 heteroatoms. The van der Waals surface area contributed by atoms with Crippen LogP contribution in [-0.4, -0.2) is 12.5 Å². The number of rotatable bonds is 5. The molecule has 0 saturated carbocycles. The van der Waals surface area contributed by atoms with Crippen LogP contribution >= 0.6 is 0 Å². The smallest absolute Gasteiger partial charge is 0.251 e. The van der Waals surface area contributed by atoms with E-state index in [1.54, 1.807) is 0 Å². The molecular formula is C16H17NO2. The largest absolute Gasteiger partial charge is 0.489 e. The monoisotopic (exact) mass is 255 g/mol. The van der Waals surface area contributed by atoms with Gasteiger partial charge in [0.1, 0.15) is 12.4 Å². The van der Waals surface area contributed by atoms with Gasteiger partial charge in [0.15, 0.2) is 0 Å². The second-order valence-corrected chi connectivity index (χ2v) is 4.12. The molecule has 2 rings (SSSR count). The fourth-order valence-electron chi connectivity index (χ4n) is 1.80. The molecule has 3 nitrogen and oxygen atoms in total. The van der Waals surface area contributed by atoms with Gasteiger partial charge in [0, 0.05) is 17.7 Å². The molecule has 1 N–H and O–H groups in total. The number of nitrogens with one attached hydrogen (secondary N) is 1. The van der Waals surface area contributed by atoms with Crippen molar-refractivity contribution in [2.45, 2.75) is 13.5 Å². The molecule has 0 aromatic heterocycles. The van der Waals surface area contributed by atoms with Gasteiger partial charge in [0.2, 0.25) is 0 Å². The maximum Gasteiger partial charge on any atom is 0.251 e. The van der Waals surface area contributed by atoms with Gasteiger partial charge in [-0.15, -0.1) is 0 Å². The molecular weight excluding hydrogens is 238 g/mol. The summed E-state index contributed by atoms with van der Waals surface area (Å²) in [4.78, 5) is 11.9. The van der Waals surface area contributed by atoms with Gasteiger partial charge in [-0.05, 0) is 25.1 Å². The molecule has 0 heterocycles. The molecule has 0 atom stereocenters. The first-order valence-corrected chi connectivity index (χ1v) is 6.35. The summed E-state index contributed by atoms with van der Waals surface area (Å²) in [5, 5.41) is 2.81. The minimum absolute atomic E-state index is 0.0604.